The van der Waals surface area contributed by atoms with Crippen molar-refractivity contribution in [2.45, 2.75) is 32.6 Å². The van der Waals surface area contributed by atoms with Crippen LogP contribution in [-0.4, -0.2) is 23.7 Å². The number of hydrogen-bond donors (Lipinski definition) is 3. The van der Waals surface area contributed by atoms with Crippen LogP contribution >= 0.6 is 15.9 Å². The van der Waals surface area contributed by atoms with Gasteiger partial charge in [0.1, 0.15) is 0 Å². The molecule has 0 atom stereocenters. The Morgan fingerprint density at radius 3 is 2.65 bits per heavy atom. The number of carbonyl (C=O) groups is 2. The number of anilines is 1. The average Bonchev–Trinajstić information content (AvgIpc) is 2.40. The maximum Gasteiger partial charge on any atom is 0.336 e. The average molecular weight is 343 g/mol. The van der Waals surface area contributed by atoms with E-state index in [1.165, 1.54) is 6.07 Å². The molecule has 5 nitrogen and oxygen atoms in total. The molecule has 3 N–H and O–H groups in total. The summed E-state index contributed by atoms with van der Waals surface area (Å²) in [5.41, 5.74) is 0.572. The molecule has 0 aliphatic heterocycles. The number of unbranched alkanes of at least 4 members (excludes halogenated alkanes) is 3. The fourth-order valence-electron chi connectivity index (χ4n) is 1.70. The Bertz CT molecular complexity index is 477. The molecule has 0 heterocycles. The van der Waals surface area contributed by atoms with Gasteiger partial charge in [0.2, 0.25) is 0 Å². The first-order valence-corrected chi connectivity index (χ1v) is 7.41. The SMILES string of the molecule is CCCCCCNC(=O)Nc1ccc(Br)c(C(=O)O)c1. The summed E-state index contributed by atoms with van der Waals surface area (Å²) in [6.45, 7) is 2.75. The van der Waals surface area contributed by atoms with Crippen LogP contribution in [0.25, 0.3) is 0 Å². The summed E-state index contributed by atoms with van der Waals surface area (Å²) in [6.07, 6.45) is 4.36. The summed E-state index contributed by atoms with van der Waals surface area (Å²) in [5.74, 6) is -1.04. The molecule has 0 saturated heterocycles. The number of urea groups is 1. The number of carbonyl (C=O) groups excluding carboxylic acids is 1. The van der Waals surface area contributed by atoms with E-state index in [9.17, 15) is 9.59 Å². The highest BCUT2D eigenvalue weighted by molar-refractivity contribution is 9.10. The van der Waals surface area contributed by atoms with Crippen molar-refractivity contribution < 1.29 is 14.7 Å². The smallest absolute Gasteiger partial charge is 0.336 e. The molecule has 0 unspecified atom stereocenters. The van der Waals surface area contributed by atoms with Gasteiger partial charge in [0.05, 0.1) is 5.56 Å². The zero-order valence-electron chi connectivity index (χ0n) is 11.4. The number of halogens is 1. The lowest BCUT2D eigenvalue weighted by molar-refractivity contribution is 0.0696. The lowest BCUT2D eigenvalue weighted by Gasteiger charge is -2.09. The third-order valence-corrected chi connectivity index (χ3v) is 3.46. The van der Waals surface area contributed by atoms with Gasteiger partial charge < -0.3 is 15.7 Å². The van der Waals surface area contributed by atoms with E-state index in [0.717, 1.165) is 25.7 Å². The van der Waals surface area contributed by atoms with E-state index in [1.807, 2.05) is 0 Å². The molecule has 110 valence electrons. The summed E-state index contributed by atoms with van der Waals surface area (Å²) in [4.78, 5) is 22.6. The standard InChI is InChI=1S/C14H19BrN2O3/c1-2-3-4-5-8-16-14(20)17-10-6-7-12(15)11(9-10)13(18)19/h6-7,9H,2-5,8H2,1H3,(H,18,19)(H2,16,17,20). The third-order valence-electron chi connectivity index (χ3n) is 2.77. The number of carboxylic acid groups (broad SMARTS) is 1. The molecular formula is C14H19BrN2O3. The van der Waals surface area contributed by atoms with Gasteiger partial charge in [-0.15, -0.1) is 0 Å². The Hall–Kier alpha value is -1.56. The van der Waals surface area contributed by atoms with Crippen LogP contribution in [0, 0.1) is 0 Å². The monoisotopic (exact) mass is 342 g/mol. The molecule has 0 fully saturated rings. The van der Waals surface area contributed by atoms with Crippen LogP contribution in [0.2, 0.25) is 0 Å². The summed E-state index contributed by atoms with van der Waals surface area (Å²) in [6, 6.07) is 4.34. The highest BCUT2D eigenvalue weighted by atomic mass is 79.9. The fraction of sp³-hybridized carbons (Fsp3) is 0.429. The van der Waals surface area contributed by atoms with E-state index < -0.39 is 5.97 Å². The minimum absolute atomic E-state index is 0.116. The van der Waals surface area contributed by atoms with Gasteiger partial charge in [0.25, 0.3) is 0 Å². The molecule has 0 radical (unpaired) electrons. The van der Waals surface area contributed by atoms with Crippen molar-refractivity contribution in [2.75, 3.05) is 11.9 Å². The number of benzene rings is 1. The molecule has 0 aromatic heterocycles. The van der Waals surface area contributed by atoms with E-state index in [2.05, 4.69) is 33.5 Å². The molecule has 1 rings (SSSR count). The zero-order chi connectivity index (χ0) is 15.0. The molecule has 0 aliphatic rings. The summed E-state index contributed by atoms with van der Waals surface area (Å²) >= 11 is 3.15. The van der Waals surface area contributed by atoms with Gasteiger partial charge in [-0.25, -0.2) is 9.59 Å². The zero-order valence-corrected chi connectivity index (χ0v) is 13.0. The van der Waals surface area contributed by atoms with Gasteiger partial charge in [-0.1, -0.05) is 26.2 Å². The second kappa shape index (κ2) is 8.58. The Balaban J connectivity index is 2.46. The van der Waals surface area contributed by atoms with Gasteiger partial charge in [-0.3, -0.25) is 0 Å². The van der Waals surface area contributed by atoms with Gasteiger partial charge in [-0.05, 0) is 40.5 Å². The van der Waals surface area contributed by atoms with Crippen LogP contribution in [0.1, 0.15) is 43.0 Å². The summed E-state index contributed by atoms with van der Waals surface area (Å²) in [5, 5.41) is 14.4. The van der Waals surface area contributed by atoms with Crippen LogP contribution in [0.3, 0.4) is 0 Å². The highest BCUT2D eigenvalue weighted by Crippen LogP contribution is 2.21. The molecule has 6 heteroatoms. The number of nitrogens with one attached hydrogen (secondary N) is 2. The second-order valence-electron chi connectivity index (χ2n) is 4.44. The van der Waals surface area contributed by atoms with E-state index in [0.29, 0.717) is 16.7 Å². The van der Waals surface area contributed by atoms with Crippen molar-refractivity contribution in [3.05, 3.63) is 28.2 Å². The molecule has 0 aliphatic carbocycles. The van der Waals surface area contributed by atoms with Crippen molar-refractivity contribution >= 4 is 33.6 Å². The number of hydrogen-bond acceptors (Lipinski definition) is 2. The van der Waals surface area contributed by atoms with Crippen LogP contribution in [0.15, 0.2) is 22.7 Å². The van der Waals surface area contributed by atoms with Crippen LogP contribution in [0.4, 0.5) is 10.5 Å². The minimum atomic E-state index is -1.04. The van der Waals surface area contributed by atoms with Crippen LogP contribution < -0.4 is 10.6 Å². The Kier molecular flexibility index (Phi) is 7.08. The Labute approximate surface area is 126 Å². The largest absolute Gasteiger partial charge is 0.478 e. The minimum Gasteiger partial charge on any atom is -0.478 e. The van der Waals surface area contributed by atoms with Crippen molar-refractivity contribution in [1.29, 1.82) is 0 Å². The lowest BCUT2D eigenvalue weighted by Crippen LogP contribution is -2.29. The molecule has 0 bridgehead atoms. The molecule has 0 spiro atoms. The predicted molar refractivity (Wildman–Crippen MR) is 82.3 cm³/mol. The van der Waals surface area contributed by atoms with Crippen molar-refractivity contribution in [1.82, 2.24) is 5.32 Å². The maximum absolute atomic E-state index is 11.6. The molecule has 2 amide bonds. The van der Waals surface area contributed by atoms with Gasteiger partial charge in [0.15, 0.2) is 0 Å². The Morgan fingerprint density at radius 1 is 1.25 bits per heavy atom. The summed E-state index contributed by atoms with van der Waals surface area (Å²) < 4.78 is 0.482. The quantitative estimate of drug-likeness (QED) is 0.658. The second-order valence-corrected chi connectivity index (χ2v) is 5.30. The molecule has 0 saturated carbocycles. The Morgan fingerprint density at radius 2 is 2.00 bits per heavy atom. The normalized spacial score (nSPS) is 10.1. The molecule has 20 heavy (non-hydrogen) atoms. The number of carboxylic acids is 1. The van der Waals surface area contributed by atoms with Gasteiger partial charge >= 0.3 is 12.0 Å². The lowest BCUT2D eigenvalue weighted by atomic mass is 10.2. The first-order chi connectivity index (χ1) is 9.54. The number of rotatable bonds is 7. The third kappa shape index (κ3) is 5.61. The first-order valence-electron chi connectivity index (χ1n) is 6.62. The first kappa shape index (κ1) is 16.5. The van der Waals surface area contributed by atoms with E-state index in [4.69, 9.17) is 5.11 Å². The topological polar surface area (TPSA) is 78.4 Å². The molecular weight excluding hydrogens is 324 g/mol. The van der Waals surface area contributed by atoms with Crippen molar-refractivity contribution in [3.63, 3.8) is 0 Å². The fourth-order valence-corrected chi connectivity index (χ4v) is 2.11. The van der Waals surface area contributed by atoms with Gasteiger partial charge in [0, 0.05) is 16.7 Å². The van der Waals surface area contributed by atoms with E-state index in [1.54, 1.807) is 12.1 Å². The molecule has 1 aromatic carbocycles. The number of amides is 2. The van der Waals surface area contributed by atoms with Crippen molar-refractivity contribution in [2.24, 2.45) is 0 Å². The summed E-state index contributed by atoms with van der Waals surface area (Å²) in [7, 11) is 0. The van der Waals surface area contributed by atoms with E-state index in [-0.39, 0.29) is 11.6 Å². The van der Waals surface area contributed by atoms with Crippen LogP contribution in [0.5, 0.6) is 0 Å². The van der Waals surface area contributed by atoms with E-state index >= 15 is 0 Å². The van der Waals surface area contributed by atoms with Crippen LogP contribution in [-0.2, 0) is 0 Å². The maximum atomic E-state index is 11.6. The highest BCUT2D eigenvalue weighted by Gasteiger charge is 2.10. The van der Waals surface area contributed by atoms with Crippen molar-refractivity contribution in [3.8, 4) is 0 Å². The predicted octanol–water partition coefficient (Wildman–Crippen LogP) is 3.85. The molecule has 1 aromatic rings. The number of aromatic carboxylic acids is 1. The van der Waals surface area contributed by atoms with Gasteiger partial charge in [-0.2, -0.15) is 0 Å².